The number of anilines is 1. The van der Waals surface area contributed by atoms with Gasteiger partial charge in [0.25, 0.3) is 5.69 Å². The average molecular weight is 284 g/mol. The number of carboxylic acids is 1. The third-order valence-electron chi connectivity index (χ3n) is 3.06. The molecule has 1 aliphatic rings. The van der Waals surface area contributed by atoms with Crippen molar-refractivity contribution in [1.29, 1.82) is 0 Å². The second kappa shape index (κ2) is 5.83. The molecule has 0 amide bonds. The van der Waals surface area contributed by atoms with E-state index in [0.29, 0.717) is 12.8 Å². The fraction of sp³-hybridized carbons (Fsp3) is 0.417. The topological polar surface area (TPSA) is 102 Å². The number of hydrogen-bond donors (Lipinski definition) is 2. The molecule has 2 unspecified atom stereocenters. The maximum absolute atomic E-state index is 13.0. The van der Waals surface area contributed by atoms with E-state index in [9.17, 15) is 19.3 Å². The quantitative estimate of drug-likeness (QED) is 0.631. The number of nitrogens with zero attached hydrogens (tertiary/aromatic N) is 1. The molecule has 0 radical (unpaired) electrons. The molecule has 0 bridgehead atoms. The number of aliphatic carboxylic acids is 1. The Bertz CT molecular complexity index is 537. The minimum Gasteiger partial charge on any atom is -0.479 e. The van der Waals surface area contributed by atoms with Crippen molar-refractivity contribution in [1.82, 2.24) is 0 Å². The summed E-state index contributed by atoms with van der Waals surface area (Å²) >= 11 is 0. The number of hydrogen-bond acceptors (Lipinski definition) is 5. The molecule has 108 valence electrons. The molecule has 2 atom stereocenters. The van der Waals surface area contributed by atoms with Gasteiger partial charge in [-0.1, -0.05) is 0 Å². The van der Waals surface area contributed by atoms with Gasteiger partial charge >= 0.3 is 5.97 Å². The van der Waals surface area contributed by atoms with Gasteiger partial charge in [-0.15, -0.1) is 0 Å². The van der Waals surface area contributed by atoms with Gasteiger partial charge in [-0.3, -0.25) is 10.1 Å². The SMILES string of the molecule is O=C(O)C1CCC(CNc2ccc(F)cc2[N+](=O)[O-])O1. The van der Waals surface area contributed by atoms with Crippen LogP contribution in [-0.2, 0) is 9.53 Å². The summed E-state index contributed by atoms with van der Waals surface area (Å²) in [7, 11) is 0. The molecular weight excluding hydrogens is 271 g/mol. The Morgan fingerprint density at radius 1 is 1.55 bits per heavy atom. The van der Waals surface area contributed by atoms with Crippen LogP contribution in [0.2, 0.25) is 0 Å². The molecule has 0 aromatic heterocycles. The van der Waals surface area contributed by atoms with Gasteiger partial charge in [-0.25, -0.2) is 9.18 Å². The number of benzene rings is 1. The number of nitro groups is 1. The Hall–Kier alpha value is -2.22. The minimum absolute atomic E-state index is 0.179. The Labute approximate surface area is 113 Å². The summed E-state index contributed by atoms with van der Waals surface area (Å²) < 4.78 is 18.2. The van der Waals surface area contributed by atoms with E-state index in [0.717, 1.165) is 12.1 Å². The highest BCUT2D eigenvalue weighted by molar-refractivity contribution is 5.72. The largest absolute Gasteiger partial charge is 0.479 e. The van der Waals surface area contributed by atoms with Gasteiger partial charge < -0.3 is 15.2 Å². The number of nitrogens with one attached hydrogen (secondary N) is 1. The summed E-state index contributed by atoms with van der Waals surface area (Å²) in [6, 6.07) is 3.22. The second-order valence-corrected chi connectivity index (χ2v) is 4.46. The zero-order valence-electron chi connectivity index (χ0n) is 10.4. The first kappa shape index (κ1) is 14.2. The van der Waals surface area contributed by atoms with Crippen molar-refractivity contribution < 1.29 is 24.0 Å². The van der Waals surface area contributed by atoms with Crippen LogP contribution in [0.4, 0.5) is 15.8 Å². The maximum atomic E-state index is 13.0. The summed E-state index contributed by atoms with van der Waals surface area (Å²) in [4.78, 5) is 20.8. The molecule has 20 heavy (non-hydrogen) atoms. The van der Waals surface area contributed by atoms with Gasteiger partial charge in [-0.05, 0) is 25.0 Å². The molecule has 0 saturated carbocycles. The minimum atomic E-state index is -1.01. The van der Waals surface area contributed by atoms with Gasteiger partial charge in [0.15, 0.2) is 6.10 Å². The third-order valence-corrected chi connectivity index (χ3v) is 3.06. The number of rotatable bonds is 5. The molecular formula is C12H13FN2O5. The number of ether oxygens (including phenoxy) is 1. The lowest BCUT2D eigenvalue weighted by atomic mass is 10.2. The van der Waals surface area contributed by atoms with Gasteiger partial charge in [0.2, 0.25) is 0 Å². The number of carboxylic acid groups (broad SMARTS) is 1. The van der Waals surface area contributed by atoms with Crippen LogP contribution in [0.3, 0.4) is 0 Å². The summed E-state index contributed by atoms with van der Waals surface area (Å²) in [5.41, 5.74) is -0.184. The van der Waals surface area contributed by atoms with Crippen LogP contribution < -0.4 is 5.32 Å². The van der Waals surface area contributed by atoms with E-state index in [-0.39, 0.29) is 24.0 Å². The lowest BCUT2D eigenvalue weighted by molar-refractivity contribution is -0.384. The van der Waals surface area contributed by atoms with E-state index in [4.69, 9.17) is 9.84 Å². The normalized spacial score (nSPS) is 21.6. The second-order valence-electron chi connectivity index (χ2n) is 4.46. The van der Waals surface area contributed by atoms with Crippen LogP contribution in [0.25, 0.3) is 0 Å². The zero-order valence-corrected chi connectivity index (χ0v) is 10.4. The van der Waals surface area contributed by atoms with Crippen molar-refractivity contribution in [3.05, 3.63) is 34.1 Å². The van der Waals surface area contributed by atoms with Crippen LogP contribution in [0.5, 0.6) is 0 Å². The van der Waals surface area contributed by atoms with E-state index in [1.807, 2.05) is 0 Å². The molecule has 1 aromatic carbocycles. The maximum Gasteiger partial charge on any atom is 0.332 e. The summed E-state index contributed by atoms with van der Waals surface area (Å²) in [5, 5.41) is 22.4. The van der Waals surface area contributed by atoms with E-state index in [2.05, 4.69) is 5.32 Å². The van der Waals surface area contributed by atoms with E-state index in [1.165, 1.54) is 6.07 Å². The van der Waals surface area contributed by atoms with E-state index in [1.54, 1.807) is 0 Å². The highest BCUT2D eigenvalue weighted by Gasteiger charge is 2.30. The monoisotopic (exact) mass is 284 g/mol. The van der Waals surface area contributed by atoms with Crippen LogP contribution in [-0.4, -0.2) is 34.8 Å². The fourth-order valence-electron chi connectivity index (χ4n) is 2.07. The first-order valence-corrected chi connectivity index (χ1v) is 6.03. The van der Waals surface area contributed by atoms with Gasteiger partial charge in [0.1, 0.15) is 11.5 Å². The average Bonchev–Trinajstić information content (AvgIpc) is 2.86. The molecule has 2 rings (SSSR count). The van der Waals surface area contributed by atoms with Crippen molar-refractivity contribution in [2.24, 2.45) is 0 Å². The summed E-state index contributed by atoms with van der Waals surface area (Å²) in [5.74, 6) is -1.70. The Kier molecular flexibility index (Phi) is 4.14. The highest BCUT2D eigenvalue weighted by atomic mass is 19.1. The lowest BCUT2D eigenvalue weighted by Gasteiger charge is -2.13. The van der Waals surface area contributed by atoms with Gasteiger partial charge in [0, 0.05) is 6.54 Å². The van der Waals surface area contributed by atoms with Crippen molar-refractivity contribution in [2.75, 3.05) is 11.9 Å². The van der Waals surface area contributed by atoms with E-state index >= 15 is 0 Å². The molecule has 0 aliphatic carbocycles. The van der Waals surface area contributed by atoms with Crippen LogP contribution in [0.15, 0.2) is 18.2 Å². The molecule has 1 aliphatic heterocycles. The predicted octanol–water partition coefficient (Wildman–Crippen LogP) is 1.78. The molecule has 7 nitrogen and oxygen atoms in total. The molecule has 1 saturated heterocycles. The van der Waals surface area contributed by atoms with Crippen molar-refractivity contribution in [3.8, 4) is 0 Å². The fourth-order valence-corrected chi connectivity index (χ4v) is 2.07. The number of halogens is 1. The molecule has 1 aromatic rings. The molecule has 8 heteroatoms. The van der Waals surface area contributed by atoms with Crippen molar-refractivity contribution >= 4 is 17.3 Å². The summed E-state index contributed by atoms with van der Waals surface area (Å²) in [6.45, 7) is 0.232. The zero-order chi connectivity index (χ0) is 14.7. The Morgan fingerprint density at radius 3 is 2.90 bits per heavy atom. The van der Waals surface area contributed by atoms with Crippen LogP contribution in [0, 0.1) is 15.9 Å². The molecule has 2 N–H and O–H groups in total. The van der Waals surface area contributed by atoms with Gasteiger partial charge in [0.05, 0.1) is 17.1 Å². The molecule has 1 heterocycles. The van der Waals surface area contributed by atoms with Crippen molar-refractivity contribution in [2.45, 2.75) is 25.0 Å². The van der Waals surface area contributed by atoms with Crippen molar-refractivity contribution in [3.63, 3.8) is 0 Å². The first-order chi connectivity index (χ1) is 9.47. The number of nitro benzene ring substituents is 1. The lowest BCUT2D eigenvalue weighted by Crippen LogP contribution is -2.24. The third kappa shape index (κ3) is 3.21. The smallest absolute Gasteiger partial charge is 0.332 e. The summed E-state index contributed by atoms with van der Waals surface area (Å²) in [6.07, 6.45) is -0.197. The molecule has 1 fully saturated rings. The standard InChI is InChI=1S/C12H13FN2O5/c13-7-1-3-9(10(5-7)15(18)19)14-6-8-2-4-11(20-8)12(16)17/h1,3,5,8,11,14H,2,4,6H2,(H,16,17). The van der Waals surface area contributed by atoms with Gasteiger partial charge in [-0.2, -0.15) is 0 Å². The Morgan fingerprint density at radius 2 is 2.30 bits per heavy atom. The van der Waals surface area contributed by atoms with Crippen LogP contribution >= 0.6 is 0 Å². The number of carbonyl (C=O) groups is 1. The predicted molar refractivity (Wildman–Crippen MR) is 67.1 cm³/mol. The van der Waals surface area contributed by atoms with E-state index < -0.39 is 22.8 Å². The first-order valence-electron chi connectivity index (χ1n) is 6.03. The van der Waals surface area contributed by atoms with Crippen LogP contribution in [0.1, 0.15) is 12.8 Å². The molecule has 0 spiro atoms. The Balaban J connectivity index is 1.98. The highest BCUT2D eigenvalue weighted by Crippen LogP contribution is 2.26.